The zero-order chi connectivity index (χ0) is 34.1. The number of fused-ring (bicyclic) bond motifs is 4. The molecule has 0 radical (unpaired) electrons. The molecule has 0 N–H and O–H groups in total. The zero-order valence-corrected chi connectivity index (χ0v) is 31.8. The molecule has 7 rings (SSSR count). The largest absolute Gasteiger partial charge is 0.207 e. The highest BCUT2D eigenvalue weighted by Crippen LogP contribution is 2.55. The van der Waals surface area contributed by atoms with E-state index in [1.54, 1.807) is 24.3 Å². The molecular formula is C44H48F2Si2. The minimum Gasteiger partial charge on any atom is -0.207 e. The lowest BCUT2D eigenvalue weighted by atomic mass is 9.89. The first-order valence-electron chi connectivity index (χ1n) is 18.1. The van der Waals surface area contributed by atoms with Crippen LogP contribution >= 0.6 is 0 Å². The van der Waals surface area contributed by atoms with E-state index in [0.29, 0.717) is 22.2 Å². The second-order valence-corrected chi connectivity index (χ2v) is 26.5. The van der Waals surface area contributed by atoms with E-state index >= 15 is 0 Å². The van der Waals surface area contributed by atoms with Crippen molar-refractivity contribution < 1.29 is 8.78 Å². The van der Waals surface area contributed by atoms with Crippen molar-refractivity contribution in [3.05, 3.63) is 83.4 Å². The number of benzene rings is 5. The highest BCUT2D eigenvalue weighted by Gasteiger charge is 2.52. The summed E-state index contributed by atoms with van der Waals surface area (Å²) in [6.45, 7) is 19.0. The summed E-state index contributed by atoms with van der Waals surface area (Å²) in [5.74, 6) is 7.28. The molecule has 0 atom stereocenters. The van der Waals surface area contributed by atoms with Gasteiger partial charge in [0.25, 0.3) is 0 Å². The van der Waals surface area contributed by atoms with Gasteiger partial charge in [0.2, 0.25) is 0 Å². The van der Waals surface area contributed by atoms with Crippen molar-refractivity contribution >= 4 is 59.2 Å². The van der Waals surface area contributed by atoms with Gasteiger partial charge in [0, 0.05) is 11.1 Å². The van der Waals surface area contributed by atoms with Crippen LogP contribution < -0.4 is 0 Å². The van der Waals surface area contributed by atoms with Gasteiger partial charge in [-0.15, -0.1) is 11.1 Å². The molecule has 2 fully saturated rings. The average molecular weight is 671 g/mol. The van der Waals surface area contributed by atoms with Crippen LogP contribution in [-0.4, -0.2) is 16.1 Å². The van der Waals surface area contributed by atoms with Crippen molar-refractivity contribution in [2.45, 2.75) is 114 Å². The Morgan fingerprint density at radius 3 is 1.08 bits per heavy atom. The average Bonchev–Trinajstić information content (AvgIpc) is 3.95. The van der Waals surface area contributed by atoms with E-state index < -0.39 is 16.1 Å². The molecule has 5 aromatic rings. The van der Waals surface area contributed by atoms with Crippen LogP contribution in [0, 0.1) is 34.6 Å². The molecule has 0 unspecified atom stereocenters. The predicted molar refractivity (Wildman–Crippen MR) is 208 cm³/mol. The fourth-order valence-corrected chi connectivity index (χ4v) is 20.3. The lowest BCUT2D eigenvalue weighted by Crippen LogP contribution is -2.40. The van der Waals surface area contributed by atoms with E-state index in [1.807, 2.05) is 12.1 Å². The Kier molecular flexibility index (Phi) is 8.37. The molecule has 0 amide bonds. The summed E-state index contributed by atoms with van der Waals surface area (Å²) in [5, 5.41) is 7.92. The Bertz CT molecular complexity index is 2030. The normalized spacial score (nSPS) is 15.6. The highest BCUT2D eigenvalue weighted by atomic mass is 28.3. The summed E-state index contributed by atoms with van der Waals surface area (Å²) >= 11 is 0. The summed E-state index contributed by atoms with van der Waals surface area (Å²) < 4.78 is 29.3. The number of hydrogen-bond donors (Lipinski definition) is 0. The minimum absolute atomic E-state index is 0.239. The Hall–Kier alpha value is -3.45. The molecule has 246 valence electrons. The Morgan fingerprint density at radius 2 is 0.792 bits per heavy atom. The van der Waals surface area contributed by atoms with Crippen LogP contribution in [0.5, 0.6) is 0 Å². The lowest BCUT2D eigenvalue weighted by Gasteiger charge is -2.34. The number of halogens is 2. The summed E-state index contributed by atoms with van der Waals surface area (Å²) in [6, 6.07) is 18.8. The molecule has 0 aliphatic heterocycles. The molecule has 2 saturated carbocycles. The molecule has 0 bridgehead atoms. The topological polar surface area (TPSA) is 0 Å². The first-order valence-corrected chi connectivity index (χ1v) is 22.6. The summed E-state index contributed by atoms with van der Waals surface area (Å²) in [5.41, 5.74) is 13.8. The summed E-state index contributed by atoms with van der Waals surface area (Å²) in [4.78, 5) is 0. The van der Waals surface area contributed by atoms with Crippen molar-refractivity contribution in [3.8, 4) is 22.9 Å². The van der Waals surface area contributed by atoms with Gasteiger partial charge in [0.1, 0.15) is 27.8 Å². The minimum atomic E-state index is -1.98. The quantitative estimate of drug-likeness (QED) is 0.0958. The monoisotopic (exact) mass is 670 g/mol. The molecule has 5 aromatic carbocycles. The first kappa shape index (κ1) is 33.1. The van der Waals surface area contributed by atoms with E-state index in [4.69, 9.17) is 0 Å². The highest BCUT2D eigenvalue weighted by molar-refractivity contribution is 6.92. The van der Waals surface area contributed by atoms with Gasteiger partial charge in [-0.05, 0) is 125 Å². The fraction of sp³-hybridized carbons (Fsp3) is 0.409. The molecule has 48 heavy (non-hydrogen) atoms. The lowest BCUT2D eigenvalue weighted by molar-refractivity contribution is 0.629. The maximum atomic E-state index is 14.7. The standard InChI is InChI=1S/C44H48F2Si2/c1-27(2)47(28(3)4,37-13-14-37)19-17-39-41-23-31-9-11-36(46)22-34(31)26-44(41)40(18-20-48(29(5)6,30(7)8)38-15-16-38)42-24-32-10-12-35(45)21-33(32)25-43(39)42/h9-12,21-30,37-38H,13-16H2,1-8H3. The van der Waals surface area contributed by atoms with Gasteiger partial charge >= 0.3 is 0 Å². The Morgan fingerprint density at radius 1 is 0.479 bits per heavy atom. The van der Waals surface area contributed by atoms with Gasteiger partial charge < -0.3 is 0 Å². The van der Waals surface area contributed by atoms with E-state index in [-0.39, 0.29) is 11.6 Å². The van der Waals surface area contributed by atoms with Gasteiger partial charge in [-0.25, -0.2) is 8.78 Å². The third-order valence-corrected chi connectivity index (χ3v) is 24.7. The number of hydrogen-bond acceptors (Lipinski definition) is 0. The van der Waals surface area contributed by atoms with Crippen LogP contribution in [0.2, 0.25) is 33.2 Å². The molecule has 4 heteroatoms. The van der Waals surface area contributed by atoms with Crippen molar-refractivity contribution in [1.29, 1.82) is 0 Å². The summed E-state index contributed by atoms with van der Waals surface area (Å²) in [6.07, 6.45) is 5.13. The van der Waals surface area contributed by atoms with Crippen LogP contribution in [0.1, 0.15) is 92.2 Å². The van der Waals surface area contributed by atoms with Gasteiger partial charge in [-0.3, -0.25) is 0 Å². The van der Waals surface area contributed by atoms with Crippen LogP contribution in [0.4, 0.5) is 8.78 Å². The fourth-order valence-electron chi connectivity index (χ4n) is 9.39. The second kappa shape index (κ2) is 12.2. The van der Waals surface area contributed by atoms with Crippen LogP contribution in [0.25, 0.3) is 43.1 Å². The predicted octanol–water partition coefficient (Wildman–Crippen LogP) is 13.2. The van der Waals surface area contributed by atoms with E-state index in [1.165, 1.54) is 25.7 Å². The van der Waals surface area contributed by atoms with Gasteiger partial charge in [-0.2, -0.15) is 0 Å². The smallest absolute Gasteiger partial charge is 0.147 e. The maximum absolute atomic E-state index is 14.7. The van der Waals surface area contributed by atoms with Crippen molar-refractivity contribution in [2.24, 2.45) is 0 Å². The third-order valence-electron chi connectivity index (χ3n) is 12.1. The molecule has 2 aliphatic carbocycles. The first-order chi connectivity index (χ1) is 22.9. The molecule has 0 saturated heterocycles. The van der Waals surface area contributed by atoms with Crippen molar-refractivity contribution in [3.63, 3.8) is 0 Å². The Labute approximate surface area is 287 Å². The van der Waals surface area contributed by atoms with Gasteiger partial charge in [0.05, 0.1) is 0 Å². The van der Waals surface area contributed by atoms with Crippen molar-refractivity contribution in [2.75, 3.05) is 0 Å². The zero-order valence-electron chi connectivity index (χ0n) is 29.8. The summed E-state index contributed by atoms with van der Waals surface area (Å²) in [7, 11) is -3.95. The van der Waals surface area contributed by atoms with Gasteiger partial charge in [-0.1, -0.05) is 105 Å². The van der Waals surface area contributed by atoms with Gasteiger partial charge in [0.15, 0.2) is 0 Å². The van der Waals surface area contributed by atoms with Crippen LogP contribution in [0.15, 0.2) is 60.7 Å². The molecule has 2 aliphatic rings. The van der Waals surface area contributed by atoms with E-state index in [2.05, 4.69) is 103 Å². The van der Waals surface area contributed by atoms with Crippen LogP contribution in [-0.2, 0) is 0 Å². The van der Waals surface area contributed by atoms with Crippen LogP contribution in [0.3, 0.4) is 0 Å². The van der Waals surface area contributed by atoms with Crippen molar-refractivity contribution in [1.82, 2.24) is 0 Å². The van der Waals surface area contributed by atoms with E-state index in [9.17, 15) is 8.78 Å². The molecule has 0 heterocycles. The SMILES string of the molecule is CC(C)[Si](C#Cc1c2cc3ccc(F)cc3cc2c(C#C[Si](C(C)C)(C(C)C)C2CC2)c2cc3ccc(F)cc3cc12)(C(C)C)C1CC1. The number of rotatable bonds is 6. The molecule has 0 aromatic heterocycles. The Balaban J connectivity index is 1.64. The third kappa shape index (κ3) is 5.41. The van der Waals surface area contributed by atoms with E-state index in [0.717, 1.165) is 65.3 Å². The molecule has 0 nitrogen and oxygen atoms in total. The maximum Gasteiger partial charge on any atom is 0.147 e. The second-order valence-electron chi connectivity index (χ2n) is 16.1. The molecule has 0 spiro atoms. The molecular weight excluding hydrogens is 623 g/mol.